The number of halogens is 3. The summed E-state index contributed by atoms with van der Waals surface area (Å²) in [6.07, 6.45) is 2.84. The van der Waals surface area contributed by atoms with Crippen molar-refractivity contribution < 1.29 is 27.8 Å². The van der Waals surface area contributed by atoms with Crippen LogP contribution in [0.2, 0.25) is 0 Å². The lowest BCUT2D eigenvalue weighted by atomic mass is 9.80. The van der Waals surface area contributed by atoms with E-state index in [0.29, 0.717) is 52.5 Å². The monoisotopic (exact) mass is 499 g/mol. The molecule has 0 bridgehead atoms. The van der Waals surface area contributed by atoms with Gasteiger partial charge in [0, 0.05) is 40.7 Å². The van der Waals surface area contributed by atoms with Gasteiger partial charge < -0.3 is 14.4 Å². The average Bonchev–Trinajstić information content (AvgIpc) is 3.52. The SMILES string of the molecule is COCC(C)(C)c1c([C@@H]2CC[C@@](C)(C(=O)O)C2)c2c(F)c3[nH]ncc3cc2n1-c1ccc(F)c(F)c1. The molecule has 1 aliphatic rings. The highest BCUT2D eigenvalue weighted by molar-refractivity contribution is 6.00. The van der Waals surface area contributed by atoms with E-state index in [4.69, 9.17) is 4.74 Å². The molecule has 9 heteroatoms. The number of nitrogens with zero attached hydrogens (tertiary/aromatic N) is 2. The van der Waals surface area contributed by atoms with E-state index in [1.165, 1.54) is 12.3 Å². The molecule has 190 valence electrons. The lowest BCUT2D eigenvalue weighted by Crippen LogP contribution is -2.29. The standard InChI is InChI=1S/C27H28F3N3O3/c1-26(2,13-36-4)24-20(14-7-8-27(3,11-14)25(34)35)21-19(9-15-12-31-32-23(15)22(21)30)33(24)16-5-6-17(28)18(29)10-16/h5-6,9-10,12,14H,7-8,11,13H2,1-4H3,(H,31,32)(H,34,35)/t14-,27-/m1/s1. The van der Waals surface area contributed by atoms with E-state index in [1.54, 1.807) is 24.7 Å². The average molecular weight is 500 g/mol. The van der Waals surface area contributed by atoms with Gasteiger partial charge in [0.1, 0.15) is 5.52 Å². The molecule has 1 aliphatic carbocycles. The molecule has 0 unspecified atom stereocenters. The second kappa shape index (κ2) is 8.37. The molecule has 1 fully saturated rings. The van der Waals surface area contributed by atoms with Crippen molar-refractivity contribution in [1.82, 2.24) is 14.8 Å². The quantitative estimate of drug-likeness (QED) is 0.331. The van der Waals surface area contributed by atoms with Crippen molar-refractivity contribution in [2.45, 2.75) is 51.4 Å². The number of H-pyrrole nitrogens is 1. The maximum Gasteiger partial charge on any atom is 0.309 e. The number of carboxylic acid groups (broad SMARTS) is 1. The maximum atomic E-state index is 16.2. The van der Waals surface area contributed by atoms with Gasteiger partial charge in [0.05, 0.1) is 23.7 Å². The summed E-state index contributed by atoms with van der Waals surface area (Å²) < 4.78 is 51.9. The zero-order valence-electron chi connectivity index (χ0n) is 20.6. The predicted octanol–water partition coefficient (Wildman–Crippen LogP) is 6.21. The Labute approximate surface area is 206 Å². The van der Waals surface area contributed by atoms with E-state index in [0.717, 1.165) is 12.1 Å². The van der Waals surface area contributed by atoms with Crippen molar-refractivity contribution in [2.75, 3.05) is 13.7 Å². The van der Waals surface area contributed by atoms with E-state index in [-0.39, 0.29) is 18.0 Å². The Balaban J connectivity index is 1.93. The maximum absolute atomic E-state index is 16.2. The number of benzene rings is 2. The first-order valence-electron chi connectivity index (χ1n) is 11.9. The second-order valence-electron chi connectivity index (χ2n) is 10.7. The highest BCUT2D eigenvalue weighted by Crippen LogP contribution is 2.52. The number of aliphatic carboxylic acids is 1. The minimum Gasteiger partial charge on any atom is -0.481 e. The molecule has 6 nitrogen and oxygen atoms in total. The molecule has 2 atom stereocenters. The summed E-state index contributed by atoms with van der Waals surface area (Å²) in [5.41, 5.74) is 0.782. The van der Waals surface area contributed by atoms with Gasteiger partial charge >= 0.3 is 5.97 Å². The Kier molecular flexibility index (Phi) is 5.66. The number of hydrogen-bond donors (Lipinski definition) is 2. The van der Waals surface area contributed by atoms with Crippen molar-refractivity contribution in [3.8, 4) is 5.69 Å². The summed E-state index contributed by atoms with van der Waals surface area (Å²) >= 11 is 0. The zero-order valence-corrected chi connectivity index (χ0v) is 20.6. The molecule has 5 rings (SSSR count). The van der Waals surface area contributed by atoms with Crippen LogP contribution in [-0.2, 0) is 14.9 Å². The van der Waals surface area contributed by atoms with Crippen molar-refractivity contribution in [2.24, 2.45) is 5.41 Å². The Morgan fingerprint density at radius 2 is 2.03 bits per heavy atom. The van der Waals surface area contributed by atoms with Gasteiger partial charge in [0.2, 0.25) is 0 Å². The zero-order chi connectivity index (χ0) is 26.0. The highest BCUT2D eigenvalue weighted by Gasteiger charge is 2.45. The fourth-order valence-corrected chi connectivity index (χ4v) is 5.90. The number of ether oxygens (including phenoxy) is 1. The molecule has 1 saturated carbocycles. The number of fused-ring (bicyclic) bond motifs is 2. The number of rotatable bonds is 6. The molecular formula is C27H28F3N3O3. The van der Waals surface area contributed by atoms with Crippen molar-refractivity contribution in [1.29, 1.82) is 0 Å². The summed E-state index contributed by atoms with van der Waals surface area (Å²) in [6, 6.07) is 5.38. The van der Waals surface area contributed by atoms with Crippen LogP contribution in [0.1, 0.15) is 57.2 Å². The summed E-state index contributed by atoms with van der Waals surface area (Å²) in [6.45, 7) is 5.87. The molecule has 0 saturated heterocycles. The van der Waals surface area contributed by atoms with Gasteiger partial charge in [-0.25, -0.2) is 13.2 Å². The number of carboxylic acids is 1. The number of aromatic nitrogens is 3. The number of nitrogens with one attached hydrogen (secondary N) is 1. The summed E-state index contributed by atoms with van der Waals surface area (Å²) in [5.74, 6) is -3.65. The lowest BCUT2D eigenvalue weighted by molar-refractivity contribution is -0.147. The van der Waals surface area contributed by atoms with E-state index in [1.807, 2.05) is 13.8 Å². The van der Waals surface area contributed by atoms with E-state index in [9.17, 15) is 18.7 Å². The van der Waals surface area contributed by atoms with E-state index >= 15 is 4.39 Å². The van der Waals surface area contributed by atoms with Crippen LogP contribution in [0.5, 0.6) is 0 Å². The molecule has 2 aromatic carbocycles. The van der Waals surface area contributed by atoms with E-state index in [2.05, 4.69) is 10.2 Å². The molecule has 4 aromatic rings. The molecule has 2 N–H and O–H groups in total. The fraction of sp³-hybridized carbons (Fsp3) is 0.407. The number of methoxy groups -OCH3 is 1. The van der Waals surface area contributed by atoms with Gasteiger partial charge in [-0.2, -0.15) is 5.10 Å². The van der Waals surface area contributed by atoms with Crippen molar-refractivity contribution in [3.05, 3.63) is 59.2 Å². The number of carbonyl (C=O) groups is 1. The molecule has 36 heavy (non-hydrogen) atoms. The van der Waals surface area contributed by atoms with Gasteiger partial charge in [-0.15, -0.1) is 0 Å². The molecule has 0 radical (unpaired) electrons. The van der Waals surface area contributed by atoms with Gasteiger partial charge in [-0.1, -0.05) is 13.8 Å². The van der Waals surface area contributed by atoms with Crippen LogP contribution < -0.4 is 0 Å². The molecule has 2 aromatic heterocycles. The number of hydrogen-bond acceptors (Lipinski definition) is 3. The molecular weight excluding hydrogens is 471 g/mol. The van der Waals surface area contributed by atoms with E-state index < -0.39 is 34.3 Å². The summed E-state index contributed by atoms with van der Waals surface area (Å²) in [4.78, 5) is 12.1. The normalized spacial score (nSPS) is 20.6. The first kappa shape index (κ1) is 24.4. The molecule has 0 spiro atoms. The Morgan fingerprint density at radius 3 is 2.67 bits per heavy atom. The van der Waals surface area contributed by atoms with Crippen molar-refractivity contribution >= 4 is 27.8 Å². The molecule has 0 amide bonds. The Morgan fingerprint density at radius 1 is 1.28 bits per heavy atom. The van der Waals surface area contributed by atoms with Gasteiger partial charge in [-0.05, 0) is 55.9 Å². The van der Waals surface area contributed by atoms with Gasteiger partial charge in [-0.3, -0.25) is 9.89 Å². The van der Waals surface area contributed by atoms with Crippen LogP contribution in [0, 0.1) is 22.9 Å². The van der Waals surface area contributed by atoms with Crippen LogP contribution in [0.4, 0.5) is 13.2 Å². The smallest absolute Gasteiger partial charge is 0.309 e. The predicted molar refractivity (Wildman–Crippen MR) is 130 cm³/mol. The first-order chi connectivity index (χ1) is 17.0. The highest BCUT2D eigenvalue weighted by atomic mass is 19.2. The van der Waals surface area contributed by atoms with Gasteiger partial charge in [0.25, 0.3) is 0 Å². The third-order valence-corrected chi connectivity index (χ3v) is 7.62. The minimum absolute atomic E-state index is 0.237. The largest absolute Gasteiger partial charge is 0.481 e. The van der Waals surface area contributed by atoms with Gasteiger partial charge in [0.15, 0.2) is 17.5 Å². The Hall–Kier alpha value is -3.33. The number of aromatic amines is 1. The van der Waals surface area contributed by atoms with Crippen molar-refractivity contribution in [3.63, 3.8) is 0 Å². The molecule has 2 heterocycles. The minimum atomic E-state index is -1.02. The Bertz CT molecular complexity index is 1510. The van der Waals surface area contributed by atoms with Crippen LogP contribution in [-0.4, -0.2) is 39.6 Å². The van der Waals surface area contributed by atoms with Crippen LogP contribution in [0.3, 0.4) is 0 Å². The van der Waals surface area contributed by atoms with Crippen LogP contribution in [0.15, 0.2) is 30.5 Å². The summed E-state index contributed by atoms with van der Waals surface area (Å²) in [5, 5.41) is 17.4. The fourth-order valence-electron chi connectivity index (χ4n) is 5.90. The molecule has 0 aliphatic heterocycles. The topological polar surface area (TPSA) is 80.1 Å². The van der Waals surface area contributed by atoms with Crippen LogP contribution in [0.25, 0.3) is 27.5 Å². The first-order valence-corrected chi connectivity index (χ1v) is 11.9. The van der Waals surface area contributed by atoms with Crippen LogP contribution >= 0.6 is 0 Å². The summed E-state index contributed by atoms with van der Waals surface area (Å²) in [7, 11) is 1.57. The second-order valence-corrected chi connectivity index (χ2v) is 10.7. The lowest BCUT2D eigenvalue weighted by Gasteiger charge is -2.30. The third kappa shape index (κ3) is 3.59. The third-order valence-electron chi connectivity index (χ3n) is 7.62.